The molecule has 3 atom stereocenters. The van der Waals surface area contributed by atoms with Crippen LogP contribution in [0, 0.1) is 18.8 Å². The van der Waals surface area contributed by atoms with Gasteiger partial charge in [-0.15, -0.1) is 0 Å². The monoisotopic (exact) mass is 406 g/mol. The molecule has 0 aromatic heterocycles. The maximum absolute atomic E-state index is 11.1. The molecule has 3 unspecified atom stereocenters. The van der Waals surface area contributed by atoms with Crippen molar-refractivity contribution < 1.29 is 9.90 Å². The lowest BCUT2D eigenvalue weighted by atomic mass is 9.86. The Morgan fingerprint density at radius 3 is 2.90 bits per heavy atom. The quantitative estimate of drug-likeness (QED) is 0.781. The van der Waals surface area contributed by atoms with Crippen LogP contribution >= 0.6 is 0 Å². The van der Waals surface area contributed by atoms with Crippen molar-refractivity contribution in [1.82, 2.24) is 10.2 Å². The van der Waals surface area contributed by atoms with Gasteiger partial charge in [0.1, 0.15) is 11.7 Å². The van der Waals surface area contributed by atoms with Crippen molar-refractivity contribution in [3.63, 3.8) is 0 Å². The first-order chi connectivity index (χ1) is 14.3. The molecule has 1 aromatic carbocycles. The summed E-state index contributed by atoms with van der Waals surface area (Å²) in [6.07, 6.45) is 3.24. The number of rotatable bonds is 5. The highest BCUT2D eigenvalue weighted by Gasteiger charge is 2.39. The maximum atomic E-state index is 11.1. The summed E-state index contributed by atoms with van der Waals surface area (Å²) in [4.78, 5) is 23.0. The Labute approximate surface area is 178 Å². The second-order valence-corrected chi connectivity index (χ2v) is 8.69. The lowest BCUT2D eigenvalue weighted by molar-refractivity contribution is -0.138. The van der Waals surface area contributed by atoms with Gasteiger partial charge in [-0.2, -0.15) is 0 Å². The second-order valence-electron chi connectivity index (χ2n) is 8.69. The highest BCUT2D eigenvalue weighted by atomic mass is 16.4. The van der Waals surface area contributed by atoms with Gasteiger partial charge in [0, 0.05) is 12.2 Å². The van der Waals surface area contributed by atoms with Gasteiger partial charge >= 0.3 is 5.97 Å². The zero-order chi connectivity index (χ0) is 21.4. The van der Waals surface area contributed by atoms with Crippen LogP contribution < -0.4 is 5.32 Å². The van der Waals surface area contributed by atoms with Crippen molar-refractivity contribution in [2.45, 2.75) is 40.2 Å². The van der Waals surface area contributed by atoms with Gasteiger partial charge in [0.2, 0.25) is 0 Å². The summed E-state index contributed by atoms with van der Waals surface area (Å²) in [5, 5.41) is 12.6. The molecular formula is C24H30N4O2. The molecule has 158 valence electrons. The highest BCUT2D eigenvalue weighted by molar-refractivity contribution is 6.04. The van der Waals surface area contributed by atoms with Gasteiger partial charge in [-0.1, -0.05) is 35.9 Å². The lowest BCUT2D eigenvalue weighted by Crippen LogP contribution is -2.37. The van der Waals surface area contributed by atoms with E-state index in [2.05, 4.69) is 56.4 Å². The van der Waals surface area contributed by atoms with Crippen LogP contribution in [0.3, 0.4) is 0 Å². The standard InChI is InChI=1S/C24H30N4O2/c1-14-6-5-7-18(10-14)16(3)25-24-22-20(11-15(2)23(22)26-17(4)27-24)19-8-9-28(12-19)13-21(29)30/h5-7,10-11,16,19,22H,8-9,12-13H2,1-4H3,(H,29,30)(H,25,26,27). The molecule has 0 amide bonds. The van der Waals surface area contributed by atoms with Crippen LogP contribution in [0.15, 0.2) is 57.2 Å². The van der Waals surface area contributed by atoms with E-state index in [0.717, 1.165) is 31.2 Å². The van der Waals surface area contributed by atoms with Crippen molar-refractivity contribution in [1.29, 1.82) is 0 Å². The summed E-state index contributed by atoms with van der Waals surface area (Å²) < 4.78 is 0. The number of carbonyl (C=O) groups is 1. The SMILES string of the molecule is CC1=NC(=NC(C)c2cccc(C)c2)C2C(C3CCN(CC(=O)O)C3)=CC(C)=C2N1. The molecule has 2 aliphatic heterocycles. The molecular weight excluding hydrogens is 376 g/mol. The Kier molecular flexibility index (Phi) is 5.60. The van der Waals surface area contributed by atoms with E-state index in [0.29, 0.717) is 5.92 Å². The molecule has 1 fully saturated rings. The first-order valence-electron chi connectivity index (χ1n) is 10.6. The van der Waals surface area contributed by atoms with Gasteiger partial charge in [-0.3, -0.25) is 14.7 Å². The summed E-state index contributed by atoms with van der Waals surface area (Å²) in [5.74, 6) is 1.33. The van der Waals surface area contributed by atoms with Crippen molar-refractivity contribution >= 4 is 17.6 Å². The number of benzene rings is 1. The van der Waals surface area contributed by atoms with Gasteiger partial charge in [-0.05, 0) is 63.3 Å². The Bertz CT molecular complexity index is 989. The molecule has 1 saturated heterocycles. The van der Waals surface area contributed by atoms with Gasteiger partial charge in [0.25, 0.3) is 0 Å². The Balaban J connectivity index is 1.63. The van der Waals surface area contributed by atoms with Crippen LogP contribution in [0.2, 0.25) is 0 Å². The molecule has 6 heteroatoms. The summed E-state index contributed by atoms with van der Waals surface area (Å²) in [7, 11) is 0. The van der Waals surface area contributed by atoms with Crippen LogP contribution in [-0.4, -0.2) is 47.3 Å². The largest absolute Gasteiger partial charge is 0.480 e. The fraction of sp³-hybridized carbons (Fsp3) is 0.458. The third-order valence-corrected chi connectivity index (χ3v) is 6.24. The molecule has 1 aliphatic carbocycles. The topological polar surface area (TPSA) is 77.3 Å². The van der Waals surface area contributed by atoms with Crippen LogP contribution in [0.25, 0.3) is 0 Å². The first kappa shape index (κ1) is 20.5. The van der Waals surface area contributed by atoms with Gasteiger partial charge in [0.05, 0.1) is 18.5 Å². The normalized spacial score (nSPS) is 26.3. The molecule has 4 rings (SSSR count). The van der Waals surface area contributed by atoms with Gasteiger partial charge in [-0.25, -0.2) is 4.99 Å². The number of hydrogen-bond acceptors (Lipinski definition) is 4. The Hall–Kier alpha value is -2.73. The fourth-order valence-corrected chi connectivity index (χ4v) is 4.81. The van der Waals surface area contributed by atoms with Crippen molar-refractivity contribution in [2.24, 2.45) is 21.8 Å². The average Bonchev–Trinajstić information content (AvgIpc) is 3.26. The van der Waals surface area contributed by atoms with E-state index in [1.165, 1.54) is 28.0 Å². The number of carboxylic acid groups (broad SMARTS) is 1. The molecule has 30 heavy (non-hydrogen) atoms. The average molecular weight is 407 g/mol. The van der Waals surface area contributed by atoms with E-state index < -0.39 is 5.97 Å². The van der Waals surface area contributed by atoms with Crippen molar-refractivity contribution in [2.75, 3.05) is 19.6 Å². The number of nitrogens with one attached hydrogen (secondary N) is 1. The number of fused-ring (bicyclic) bond motifs is 1. The smallest absolute Gasteiger partial charge is 0.317 e. The Morgan fingerprint density at radius 1 is 1.37 bits per heavy atom. The predicted molar refractivity (Wildman–Crippen MR) is 120 cm³/mol. The molecule has 2 N–H and O–H groups in total. The molecule has 0 spiro atoms. The minimum atomic E-state index is -0.764. The zero-order valence-electron chi connectivity index (χ0n) is 18.1. The number of aliphatic imine (C=N–C) groups is 2. The van der Waals surface area contributed by atoms with Crippen LogP contribution in [0.5, 0.6) is 0 Å². The number of hydrogen-bond donors (Lipinski definition) is 2. The van der Waals surface area contributed by atoms with Crippen molar-refractivity contribution in [3.05, 3.63) is 58.3 Å². The number of nitrogens with zero attached hydrogens (tertiary/aromatic N) is 3. The van der Waals surface area contributed by atoms with Crippen molar-refractivity contribution in [3.8, 4) is 0 Å². The number of amidine groups is 2. The fourth-order valence-electron chi connectivity index (χ4n) is 4.81. The highest BCUT2D eigenvalue weighted by Crippen LogP contribution is 2.41. The van der Waals surface area contributed by atoms with Crippen LogP contribution in [-0.2, 0) is 4.79 Å². The Morgan fingerprint density at radius 2 is 2.17 bits per heavy atom. The molecule has 0 saturated carbocycles. The van der Waals surface area contributed by atoms with E-state index in [-0.39, 0.29) is 18.5 Å². The lowest BCUT2D eigenvalue weighted by Gasteiger charge is -2.29. The molecule has 0 bridgehead atoms. The van der Waals surface area contributed by atoms with E-state index in [9.17, 15) is 4.79 Å². The number of aryl methyl sites for hydroxylation is 1. The van der Waals surface area contributed by atoms with Gasteiger partial charge in [0.15, 0.2) is 0 Å². The molecule has 0 radical (unpaired) electrons. The minimum Gasteiger partial charge on any atom is -0.480 e. The third-order valence-electron chi connectivity index (χ3n) is 6.24. The van der Waals surface area contributed by atoms with Crippen LogP contribution in [0.1, 0.15) is 44.4 Å². The summed E-state index contributed by atoms with van der Waals surface area (Å²) in [6.45, 7) is 10.0. The van der Waals surface area contributed by atoms with Crippen LogP contribution in [0.4, 0.5) is 0 Å². The zero-order valence-corrected chi connectivity index (χ0v) is 18.1. The number of carboxylic acids is 1. The second kappa shape index (κ2) is 8.19. The van der Waals surface area contributed by atoms with E-state index >= 15 is 0 Å². The molecule has 6 nitrogen and oxygen atoms in total. The van der Waals surface area contributed by atoms with E-state index in [1.807, 2.05) is 11.8 Å². The summed E-state index contributed by atoms with van der Waals surface area (Å²) in [5.41, 5.74) is 6.12. The predicted octanol–water partition coefficient (Wildman–Crippen LogP) is 3.71. The number of likely N-dealkylation sites (tertiary alicyclic amines) is 1. The van der Waals surface area contributed by atoms with E-state index in [1.54, 1.807) is 0 Å². The molecule has 1 aromatic rings. The number of allylic oxidation sites excluding steroid dienone is 2. The maximum Gasteiger partial charge on any atom is 0.317 e. The third kappa shape index (κ3) is 4.10. The molecule has 3 aliphatic rings. The minimum absolute atomic E-state index is 0.0186. The van der Waals surface area contributed by atoms with Gasteiger partial charge < -0.3 is 10.4 Å². The molecule has 2 heterocycles. The number of aliphatic carboxylic acids is 1. The first-order valence-corrected chi connectivity index (χ1v) is 10.6. The van der Waals surface area contributed by atoms with E-state index in [4.69, 9.17) is 15.1 Å². The summed E-state index contributed by atoms with van der Waals surface area (Å²) in [6, 6.07) is 8.49. The summed E-state index contributed by atoms with van der Waals surface area (Å²) >= 11 is 0.